The number of nitrogens with zero attached hydrogens (tertiary/aromatic N) is 2. The quantitative estimate of drug-likeness (QED) is 0.430. The van der Waals surface area contributed by atoms with Crippen LogP contribution in [0.5, 0.6) is 0 Å². The van der Waals surface area contributed by atoms with Crippen LogP contribution in [0, 0.1) is 5.92 Å². The molecule has 1 amide bonds. The number of H-pyrrole nitrogens is 1. The Kier molecular flexibility index (Phi) is 6.15. The van der Waals surface area contributed by atoms with E-state index in [0.29, 0.717) is 34.3 Å². The maximum Gasteiger partial charge on any atom is 0.270 e. The van der Waals surface area contributed by atoms with Crippen molar-refractivity contribution in [1.82, 2.24) is 15.3 Å². The summed E-state index contributed by atoms with van der Waals surface area (Å²) in [4.78, 5) is 35.4. The summed E-state index contributed by atoms with van der Waals surface area (Å²) in [5.74, 6) is 0.327. The molecule has 0 saturated carbocycles. The highest BCUT2D eigenvalue weighted by Crippen LogP contribution is 2.32. The molecule has 2 aromatic heterocycles. The second-order valence-electron chi connectivity index (χ2n) is 8.18. The second kappa shape index (κ2) is 9.37. The molecular formula is C25H23ClN4O2S. The molecule has 1 atom stereocenters. The fourth-order valence-corrected chi connectivity index (χ4v) is 5.35. The number of hydrogen-bond acceptors (Lipinski definition) is 5. The number of benzene rings is 2. The number of anilines is 1. The summed E-state index contributed by atoms with van der Waals surface area (Å²) < 4.78 is 0.614. The number of rotatable bonds is 5. The number of nitrogens with one attached hydrogen (secondary N) is 2. The lowest BCUT2D eigenvalue weighted by Gasteiger charge is -2.32. The fourth-order valence-electron chi connectivity index (χ4n) is 4.24. The van der Waals surface area contributed by atoms with Gasteiger partial charge in [0.25, 0.3) is 5.56 Å². The molecule has 6 nitrogen and oxygen atoms in total. The van der Waals surface area contributed by atoms with E-state index in [0.717, 1.165) is 36.1 Å². The fraction of sp³-hybridized carbons (Fsp3) is 0.240. The summed E-state index contributed by atoms with van der Waals surface area (Å²) in [6.45, 7) is 1.65. The van der Waals surface area contributed by atoms with Crippen molar-refractivity contribution < 1.29 is 4.79 Å². The Morgan fingerprint density at radius 2 is 1.97 bits per heavy atom. The smallest absolute Gasteiger partial charge is 0.270 e. The van der Waals surface area contributed by atoms with Crippen molar-refractivity contribution >= 4 is 45.0 Å². The zero-order valence-corrected chi connectivity index (χ0v) is 19.5. The predicted molar refractivity (Wildman–Crippen MR) is 134 cm³/mol. The molecule has 8 heteroatoms. The Bertz CT molecular complexity index is 1350. The van der Waals surface area contributed by atoms with Crippen LogP contribution in [-0.4, -0.2) is 29.0 Å². The van der Waals surface area contributed by atoms with E-state index in [2.05, 4.69) is 10.3 Å². The van der Waals surface area contributed by atoms with Crippen LogP contribution >= 0.6 is 22.9 Å². The number of carbonyl (C=O) groups excluding carboxylic acids is 1. The Morgan fingerprint density at radius 3 is 2.79 bits per heavy atom. The third kappa shape index (κ3) is 4.51. The van der Waals surface area contributed by atoms with Gasteiger partial charge in [-0.15, -0.1) is 11.3 Å². The molecule has 2 N–H and O–H groups in total. The number of aromatic nitrogens is 2. The molecule has 0 spiro atoms. The number of amides is 1. The molecule has 0 bridgehead atoms. The first kappa shape index (κ1) is 21.7. The van der Waals surface area contributed by atoms with Crippen LogP contribution in [0.25, 0.3) is 21.3 Å². The van der Waals surface area contributed by atoms with Crippen LogP contribution < -0.4 is 15.8 Å². The van der Waals surface area contributed by atoms with Crippen LogP contribution in [0.4, 0.5) is 5.95 Å². The van der Waals surface area contributed by atoms with Gasteiger partial charge in [0, 0.05) is 35.6 Å². The Labute approximate surface area is 200 Å². The number of piperidine rings is 1. The van der Waals surface area contributed by atoms with E-state index in [-0.39, 0.29) is 17.4 Å². The summed E-state index contributed by atoms with van der Waals surface area (Å²) in [5, 5.41) is 5.63. The third-order valence-electron chi connectivity index (χ3n) is 6.00. The summed E-state index contributed by atoms with van der Waals surface area (Å²) in [6.07, 6.45) is 1.64. The molecule has 1 saturated heterocycles. The molecule has 5 rings (SSSR count). The first-order valence-corrected chi connectivity index (χ1v) is 12.2. The van der Waals surface area contributed by atoms with Gasteiger partial charge in [-0.1, -0.05) is 60.1 Å². The number of thiophene rings is 1. The van der Waals surface area contributed by atoms with Crippen LogP contribution in [0.1, 0.15) is 18.4 Å². The van der Waals surface area contributed by atoms with Gasteiger partial charge in [-0.05, 0) is 30.0 Å². The van der Waals surface area contributed by atoms with Crippen molar-refractivity contribution in [2.75, 3.05) is 18.0 Å². The molecule has 0 radical (unpaired) electrons. The van der Waals surface area contributed by atoms with Gasteiger partial charge in [-0.25, -0.2) is 4.98 Å². The molecular weight excluding hydrogens is 456 g/mol. The topological polar surface area (TPSA) is 78.1 Å². The van der Waals surface area contributed by atoms with Gasteiger partial charge < -0.3 is 10.2 Å². The van der Waals surface area contributed by atoms with Gasteiger partial charge in [0.1, 0.15) is 4.70 Å². The molecule has 0 unspecified atom stereocenters. The zero-order chi connectivity index (χ0) is 22.8. The highest BCUT2D eigenvalue weighted by molar-refractivity contribution is 7.17. The average Bonchev–Trinajstić information content (AvgIpc) is 3.29. The SMILES string of the molecule is O=C(NCc1ccccc1Cl)[C@H]1CCCN(c2nc3c(-c4ccccc4)csc3c(=O)[nH]2)C1. The standard InChI is InChI=1S/C25H23ClN4O2S/c26-20-11-5-4-9-17(20)13-27-23(31)18-10-6-12-30(14-18)25-28-21-19(16-7-2-1-3-8-16)15-33-22(21)24(32)29-25/h1-5,7-9,11,15,18H,6,10,12-14H2,(H,27,31)(H,28,29,32)/t18-/m0/s1. The number of halogens is 1. The van der Waals surface area contributed by atoms with Crippen molar-refractivity contribution in [3.63, 3.8) is 0 Å². The highest BCUT2D eigenvalue weighted by atomic mass is 35.5. The highest BCUT2D eigenvalue weighted by Gasteiger charge is 2.27. The maximum atomic E-state index is 12.9. The van der Waals surface area contributed by atoms with Crippen molar-refractivity contribution in [2.45, 2.75) is 19.4 Å². The molecule has 168 valence electrons. The van der Waals surface area contributed by atoms with Crippen LogP contribution in [-0.2, 0) is 11.3 Å². The van der Waals surface area contributed by atoms with Gasteiger partial charge in [-0.3, -0.25) is 14.6 Å². The summed E-state index contributed by atoms with van der Waals surface area (Å²) in [7, 11) is 0. The summed E-state index contributed by atoms with van der Waals surface area (Å²) >= 11 is 7.61. The monoisotopic (exact) mass is 478 g/mol. The third-order valence-corrected chi connectivity index (χ3v) is 7.34. The number of carbonyl (C=O) groups is 1. The van der Waals surface area contributed by atoms with E-state index >= 15 is 0 Å². The van der Waals surface area contributed by atoms with E-state index in [1.807, 2.05) is 64.9 Å². The Morgan fingerprint density at radius 1 is 1.18 bits per heavy atom. The largest absolute Gasteiger partial charge is 0.352 e. The maximum absolute atomic E-state index is 12.9. The molecule has 1 aliphatic rings. The average molecular weight is 479 g/mol. The van der Waals surface area contributed by atoms with Crippen LogP contribution in [0.3, 0.4) is 0 Å². The second-order valence-corrected chi connectivity index (χ2v) is 9.46. The van der Waals surface area contributed by atoms with Gasteiger partial charge in [-0.2, -0.15) is 0 Å². The molecule has 2 aromatic carbocycles. The van der Waals surface area contributed by atoms with Crippen molar-refractivity contribution in [2.24, 2.45) is 5.92 Å². The van der Waals surface area contributed by atoms with Crippen molar-refractivity contribution in [3.8, 4) is 11.1 Å². The van der Waals surface area contributed by atoms with E-state index in [1.165, 1.54) is 11.3 Å². The van der Waals surface area contributed by atoms with Gasteiger partial charge in [0.05, 0.1) is 11.4 Å². The molecule has 4 aromatic rings. The number of fused-ring (bicyclic) bond motifs is 1. The summed E-state index contributed by atoms with van der Waals surface area (Å²) in [6, 6.07) is 17.5. The predicted octanol–water partition coefficient (Wildman–Crippen LogP) is 4.84. The molecule has 33 heavy (non-hydrogen) atoms. The molecule has 3 heterocycles. The Hall–Kier alpha value is -3.16. The summed E-state index contributed by atoms with van der Waals surface area (Å²) in [5.41, 5.74) is 3.43. The van der Waals surface area contributed by atoms with Crippen molar-refractivity contribution in [3.05, 3.63) is 80.9 Å². The molecule has 1 fully saturated rings. The number of aromatic amines is 1. The van der Waals surface area contributed by atoms with Crippen molar-refractivity contribution in [1.29, 1.82) is 0 Å². The normalized spacial score (nSPS) is 16.2. The number of hydrogen-bond donors (Lipinski definition) is 2. The molecule has 0 aliphatic carbocycles. The minimum absolute atomic E-state index is 0.0106. The minimum atomic E-state index is -0.182. The minimum Gasteiger partial charge on any atom is -0.352 e. The van der Waals surface area contributed by atoms with Gasteiger partial charge in [0.15, 0.2) is 0 Å². The lowest BCUT2D eigenvalue weighted by atomic mass is 9.97. The van der Waals surface area contributed by atoms with E-state index in [9.17, 15) is 9.59 Å². The zero-order valence-electron chi connectivity index (χ0n) is 17.9. The van der Waals surface area contributed by atoms with Crippen LogP contribution in [0.15, 0.2) is 64.8 Å². The Balaban J connectivity index is 1.36. The lowest BCUT2D eigenvalue weighted by molar-refractivity contribution is -0.125. The van der Waals surface area contributed by atoms with Gasteiger partial charge >= 0.3 is 0 Å². The molecule has 1 aliphatic heterocycles. The van der Waals surface area contributed by atoms with E-state index < -0.39 is 0 Å². The first-order chi connectivity index (χ1) is 16.1. The lowest BCUT2D eigenvalue weighted by Crippen LogP contribution is -2.44. The first-order valence-electron chi connectivity index (χ1n) is 10.9. The van der Waals surface area contributed by atoms with E-state index in [1.54, 1.807) is 0 Å². The van der Waals surface area contributed by atoms with Crippen LogP contribution in [0.2, 0.25) is 5.02 Å². The van der Waals surface area contributed by atoms with Gasteiger partial charge in [0.2, 0.25) is 11.9 Å². The van der Waals surface area contributed by atoms with E-state index in [4.69, 9.17) is 16.6 Å².